The normalized spacial score (nSPS) is 13.2. The van der Waals surface area contributed by atoms with Crippen LogP contribution in [-0.4, -0.2) is 9.78 Å². The fourth-order valence-electron chi connectivity index (χ4n) is 1.36. The highest BCUT2D eigenvalue weighted by atomic mass is 35.5. The van der Waals surface area contributed by atoms with Crippen LogP contribution in [0.2, 0.25) is 5.02 Å². The molecule has 0 fully saturated rings. The molecule has 0 amide bonds. The van der Waals surface area contributed by atoms with E-state index in [0.29, 0.717) is 5.02 Å². The Morgan fingerprint density at radius 3 is 2.85 bits per heavy atom. The molecule has 4 nitrogen and oxygen atoms in total. The summed E-state index contributed by atoms with van der Waals surface area (Å²) in [6.45, 7) is 4.88. The van der Waals surface area contributed by atoms with Gasteiger partial charge in [-0.1, -0.05) is 18.5 Å². The van der Waals surface area contributed by atoms with Gasteiger partial charge >= 0.3 is 0 Å². The summed E-state index contributed by atoms with van der Waals surface area (Å²) < 4.78 is 1.86. The molecule has 0 aromatic carbocycles. The first-order valence-electron chi connectivity index (χ1n) is 4.41. The van der Waals surface area contributed by atoms with Crippen LogP contribution in [0.25, 0.3) is 0 Å². The number of aromatic nitrogens is 2. The van der Waals surface area contributed by atoms with Crippen molar-refractivity contribution in [3.63, 3.8) is 0 Å². The first-order valence-corrected chi connectivity index (χ1v) is 4.79. The van der Waals surface area contributed by atoms with Crippen LogP contribution in [0.1, 0.15) is 32.0 Å². The molecule has 13 heavy (non-hydrogen) atoms. The monoisotopic (exact) mass is 202 g/mol. The number of rotatable bonds is 4. The quantitative estimate of drug-likeness (QED) is 0.574. The predicted octanol–water partition coefficient (Wildman–Crippen LogP) is 1.47. The summed E-state index contributed by atoms with van der Waals surface area (Å²) in [4.78, 5) is 0. The Hall–Kier alpha value is -0.580. The molecule has 0 bridgehead atoms. The van der Waals surface area contributed by atoms with Gasteiger partial charge in [-0.25, -0.2) is 0 Å². The van der Waals surface area contributed by atoms with Crippen LogP contribution < -0.4 is 11.3 Å². The van der Waals surface area contributed by atoms with Crippen molar-refractivity contribution in [2.75, 3.05) is 0 Å². The third-order valence-electron chi connectivity index (χ3n) is 2.07. The van der Waals surface area contributed by atoms with Gasteiger partial charge in [0.2, 0.25) is 0 Å². The maximum Gasteiger partial charge on any atom is 0.0834 e. The maximum atomic E-state index is 6.00. The average molecular weight is 203 g/mol. The van der Waals surface area contributed by atoms with Gasteiger partial charge < -0.3 is 0 Å². The van der Waals surface area contributed by atoms with Crippen molar-refractivity contribution < 1.29 is 0 Å². The minimum absolute atomic E-state index is 0.0787. The van der Waals surface area contributed by atoms with Crippen LogP contribution in [0.3, 0.4) is 0 Å². The average Bonchev–Trinajstić information content (AvgIpc) is 2.51. The molecule has 0 saturated carbocycles. The molecule has 0 aliphatic carbocycles. The highest BCUT2D eigenvalue weighted by Crippen LogP contribution is 2.24. The highest BCUT2D eigenvalue weighted by Gasteiger charge is 2.16. The lowest BCUT2D eigenvalue weighted by Crippen LogP contribution is -2.29. The SMILES string of the molecule is CCC(NN)c1c(Cl)cnn1CC. The summed E-state index contributed by atoms with van der Waals surface area (Å²) in [6, 6.07) is 0.0787. The number of hydrogen-bond acceptors (Lipinski definition) is 3. The molecule has 0 radical (unpaired) electrons. The van der Waals surface area contributed by atoms with E-state index in [4.69, 9.17) is 17.4 Å². The summed E-state index contributed by atoms with van der Waals surface area (Å²) in [5, 5.41) is 4.81. The van der Waals surface area contributed by atoms with Crippen LogP contribution in [0, 0.1) is 0 Å². The minimum Gasteiger partial charge on any atom is -0.271 e. The standard InChI is InChI=1S/C8H15ClN4/c1-3-7(12-10)8-6(9)5-11-13(8)4-2/h5,7,12H,3-4,10H2,1-2H3. The molecule has 3 N–H and O–H groups in total. The summed E-state index contributed by atoms with van der Waals surface area (Å²) >= 11 is 6.00. The van der Waals surface area contributed by atoms with Gasteiger partial charge in [0.05, 0.1) is 23.0 Å². The van der Waals surface area contributed by atoms with Gasteiger partial charge in [-0.15, -0.1) is 0 Å². The van der Waals surface area contributed by atoms with E-state index in [2.05, 4.69) is 10.5 Å². The number of halogens is 1. The number of hydrogen-bond donors (Lipinski definition) is 2. The molecule has 74 valence electrons. The molecule has 0 saturated heterocycles. The summed E-state index contributed by atoms with van der Waals surface area (Å²) in [5.41, 5.74) is 3.69. The Balaban J connectivity index is 3.01. The highest BCUT2D eigenvalue weighted by molar-refractivity contribution is 6.31. The summed E-state index contributed by atoms with van der Waals surface area (Å²) in [7, 11) is 0. The van der Waals surface area contributed by atoms with Gasteiger partial charge in [0, 0.05) is 6.54 Å². The molecule has 5 heteroatoms. The van der Waals surface area contributed by atoms with Gasteiger partial charge in [-0.3, -0.25) is 16.0 Å². The number of nitrogens with one attached hydrogen (secondary N) is 1. The molecular weight excluding hydrogens is 188 g/mol. The van der Waals surface area contributed by atoms with Crippen LogP contribution in [0.15, 0.2) is 6.20 Å². The lowest BCUT2D eigenvalue weighted by molar-refractivity contribution is 0.482. The Bertz CT molecular complexity index is 267. The molecule has 0 spiro atoms. The molecule has 1 aromatic heterocycles. The van der Waals surface area contributed by atoms with E-state index in [9.17, 15) is 0 Å². The topological polar surface area (TPSA) is 55.9 Å². The number of nitrogens with two attached hydrogens (primary N) is 1. The fourth-order valence-corrected chi connectivity index (χ4v) is 1.63. The number of hydrazine groups is 1. The second kappa shape index (κ2) is 4.60. The molecule has 1 atom stereocenters. The van der Waals surface area contributed by atoms with E-state index in [1.165, 1.54) is 0 Å². The molecule has 1 aromatic rings. The first kappa shape index (κ1) is 10.5. The summed E-state index contributed by atoms with van der Waals surface area (Å²) in [5.74, 6) is 5.42. The largest absolute Gasteiger partial charge is 0.271 e. The molecule has 0 aliphatic rings. The van der Waals surface area contributed by atoms with Gasteiger partial charge in [-0.05, 0) is 13.3 Å². The molecule has 1 rings (SSSR count). The van der Waals surface area contributed by atoms with Gasteiger partial charge in [0.25, 0.3) is 0 Å². The van der Waals surface area contributed by atoms with E-state index < -0.39 is 0 Å². The van der Waals surface area contributed by atoms with Crippen LogP contribution in [-0.2, 0) is 6.54 Å². The Kier molecular flexibility index (Phi) is 3.71. The van der Waals surface area contributed by atoms with Crippen molar-refractivity contribution in [3.05, 3.63) is 16.9 Å². The third-order valence-corrected chi connectivity index (χ3v) is 2.36. The first-order chi connectivity index (χ1) is 6.24. The Labute approximate surface area is 83.0 Å². The van der Waals surface area contributed by atoms with Gasteiger partial charge in [0.1, 0.15) is 0 Å². The van der Waals surface area contributed by atoms with E-state index in [1.807, 2.05) is 18.5 Å². The summed E-state index contributed by atoms with van der Waals surface area (Å²) in [6.07, 6.45) is 2.54. The second-order valence-corrected chi connectivity index (χ2v) is 3.23. The Morgan fingerprint density at radius 2 is 2.38 bits per heavy atom. The zero-order chi connectivity index (χ0) is 9.84. The van der Waals surface area contributed by atoms with E-state index in [0.717, 1.165) is 18.7 Å². The maximum absolute atomic E-state index is 6.00. The van der Waals surface area contributed by atoms with Crippen molar-refractivity contribution in [2.24, 2.45) is 5.84 Å². The van der Waals surface area contributed by atoms with Crippen LogP contribution >= 0.6 is 11.6 Å². The smallest absolute Gasteiger partial charge is 0.0834 e. The third kappa shape index (κ3) is 2.02. The van der Waals surface area contributed by atoms with Crippen molar-refractivity contribution >= 4 is 11.6 Å². The molecule has 1 heterocycles. The lowest BCUT2D eigenvalue weighted by Gasteiger charge is -2.15. The zero-order valence-electron chi connectivity index (χ0n) is 7.92. The van der Waals surface area contributed by atoms with Crippen molar-refractivity contribution in [1.29, 1.82) is 0 Å². The second-order valence-electron chi connectivity index (χ2n) is 2.82. The molecule has 1 unspecified atom stereocenters. The van der Waals surface area contributed by atoms with Crippen LogP contribution in [0.4, 0.5) is 0 Å². The number of nitrogens with zero attached hydrogens (tertiary/aromatic N) is 2. The minimum atomic E-state index is 0.0787. The van der Waals surface area contributed by atoms with E-state index >= 15 is 0 Å². The van der Waals surface area contributed by atoms with E-state index in [-0.39, 0.29) is 6.04 Å². The van der Waals surface area contributed by atoms with Crippen molar-refractivity contribution in [3.8, 4) is 0 Å². The fraction of sp³-hybridized carbons (Fsp3) is 0.625. The van der Waals surface area contributed by atoms with Gasteiger partial charge in [0.15, 0.2) is 0 Å². The molecular formula is C8H15ClN4. The van der Waals surface area contributed by atoms with Crippen molar-refractivity contribution in [1.82, 2.24) is 15.2 Å². The lowest BCUT2D eigenvalue weighted by atomic mass is 10.1. The number of aryl methyl sites for hydroxylation is 1. The van der Waals surface area contributed by atoms with E-state index in [1.54, 1.807) is 6.20 Å². The van der Waals surface area contributed by atoms with Crippen LogP contribution in [0.5, 0.6) is 0 Å². The zero-order valence-corrected chi connectivity index (χ0v) is 8.67. The predicted molar refractivity (Wildman–Crippen MR) is 53.3 cm³/mol. The van der Waals surface area contributed by atoms with Crippen molar-refractivity contribution in [2.45, 2.75) is 32.9 Å². The van der Waals surface area contributed by atoms with Gasteiger partial charge in [-0.2, -0.15) is 5.10 Å². The molecule has 0 aliphatic heterocycles. The Morgan fingerprint density at radius 1 is 1.69 bits per heavy atom.